The third-order valence-corrected chi connectivity index (χ3v) is 5.56. The molecule has 32 heavy (non-hydrogen) atoms. The second kappa shape index (κ2) is 8.55. The zero-order chi connectivity index (χ0) is 23.7. The highest BCUT2D eigenvalue weighted by Gasteiger charge is 2.60. The lowest BCUT2D eigenvalue weighted by Crippen LogP contribution is -2.55. The summed E-state index contributed by atoms with van der Waals surface area (Å²) < 4.78 is 57.9. The number of nitriles is 1. The second-order valence-corrected chi connectivity index (χ2v) is 8.78. The molecular formula is C24H25F4N3O. The van der Waals surface area contributed by atoms with E-state index in [9.17, 15) is 27.6 Å². The predicted octanol–water partition coefficient (Wildman–Crippen LogP) is 5.31. The fraction of sp³-hybridized carbons (Fsp3) is 0.417. The highest BCUT2D eigenvalue weighted by Crippen LogP contribution is 2.52. The Morgan fingerprint density at radius 1 is 1.09 bits per heavy atom. The summed E-state index contributed by atoms with van der Waals surface area (Å²) in [7, 11) is 0. The minimum atomic E-state index is -4.89. The predicted molar refractivity (Wildman–Crippen MR) is 113 cm³/mol. The van der Waals surface area contributed by atoms with Gasteiger partial charge < -0.3 is 10.6 Å². The van der Waals surface area contributed by atoms with Crippen LogP contribution in [0.15, 0.2) is 54.6 Å². The van der Waals surface area contributed by atoms with Gasteiger partial charge in [-0.1, -0.05) is 54.6 Å². The molecule has 1 aliphatic rings. The topological polar surface area (TPSA) is 70.1 Å². The number of hydrogen-bond acceptors (Lipinski definition) is 3. The number of benzene rings is 2. The van der Waals surface area contributed by atoms with Gasteiger partial charge in [-0.3, -0.25) is 4.79 Å². The first-order valence-corrected chi connectivity index (χ1v) is 10.3. The summed E-state index contributed by atoms with van der Waals surface area (Å²) in [4.78, 5) is 13.8. The van der Waals surface area contributed by atoms with Gasteiger partial charge in [0.2, 0.25) is 5.91 Å². The Morgan fingerprint density at radius 2 is 1.66 bits per heavy atom. The van der Waals surface area contributed by atoms with Crippen LogP contribution in [0.1, 0.15) is 44.7 Å². The Kier molecular flexibility index (Phi) is 6.34. The van der Waals surface area contributed by atoms with Gasteiger partial charge in [0.1, 0.15) is 11.2 Å². The SMILES string of the molecule is CC(C)(F)C[C@H](N)C(=O)N([C@@H](c1ccccc1-c1ccccc1)C(F)(F)F)C1(C#N)CC1. The normalized spacial score (nSPS) is 17.2. The number of carbonyl (C=O) groups excluding carboxylic acids is 1. The minimum Gasteiger partial charge on any atom is -0.320 e. The largest absolute Gasteiger partial charge is 0.413 e. The second-order valence-electron chi connectivity index (χ2n) is 8.78. The van der Waals surface area contributed by atoms with Gasteiger partial charge in [0.25, 0.3) is 0 Å². The van der Waals surface area contributed by atoms with Crippen LogP contribution in [-0.4, -0.2) is 34.2 Å². The van der Waals surface area contributed by atoms with E-state index < -0.39 is 41.8 Å². The zero-order valence-corrected chi connectivity index (χ0v) is 17.9. The van der Waals surface area contributed by atoms with Crippen molar-refractivity contribution in [1.29, 1.82) is 5.26 Å². The Balaban J connectivity index is 2.17. The first-order valence-electron chi connectivity index (χ1n) is 10.3. The molecule has 3 rings (SSSR count). The standard InChI is InChI=1S/C24H25F4N3O/c1-22(2,25)14-19(30)21(32)31(23(15-29)12-13-23)20(24(26,27)28)18-11-7-6-10-17(18)16-8-4-3-5-9-16/h3-11,19-20H,12-14,30H2,1-2H3/t19-,20-/m0/s1. The maximum atomic E-state index is 14.6. The quantitative estimate of drug-likeness (QED) is 0.585. The van der Waals surface area contributed by atoms with Crippen LogP contribution < -0.4 is 5.73 Å². The van der Waals surface area contributed by atoms with Gasteiger partial charge in [-0.15, -0.1) is 0 Å². The van der Waals surface area contributed by atoms with E-state index in [1.54, 1.807) is 42.5 Å². The molecule has 170 valence electrons. The minimum absolute atomic E-state index is 0.0983. The lowest BCUT2D eigenvalue weighted by Gasteiger charge is -2.39. The molecule has 0 heterocycles. The van der Waals surface area contributed by atoms with Crippen LogP contribution in [0.25, 0.3) is 11.1 Å². The number of halogens is 4. The molecule has 0 spiro atoms. The average molecular weight is 447 g/mol. The van der Waals surface area contributed by atoms with Gasteiger partial charge in [-0.2, -0.15) is 18.4 Å². The molecule has 0 aliphatic heterocycles. The molecule has 1 aliphatic carbocycles. The summed E-state index contributed by atoms with van der Waals surface area (Å²) >= 11 is 0. The van der Waals surface area contributed by atoms with Gasteiger partial charge in [0.05, 0.1) is 12.1 Å². The molecule has 0 unspecified atom stereocenters. The van der Waals surface area contributed by atoms with Gasteiger partial charge >= 0.3 is 6.18 Å². The molecule has 1 saturated carbocycles. The van der Waals surface area contributed by atoms with E-state index in [0.717, 1.165) is 0 Å². The van der Waals surface area contributed by atoms with Crippen molar-refractivity contribution < 1.29 is 22.4 Å². The molecule has 2 aromatic rings. The van der Waals surface area contributed by atoms with E-state index in [1.807, 2.05) is 6.07 Å². The van der Waals surface area contributed by atoms with Crippen LogP contribution >= 0.6 is 0 Å². The summed E-state index contributed by atoms with van der Waals surface area (Å²) in [5, 5.41) is 9.71. The number of alkyl halides is 4. The van der Waals surface area contributed by atoms with E-state index in [0.29, 0.717) is 16.0 Å². The van der Waals surface area contributed by atoms with E-state index in [1.165, 1.54) is 26.0 Å². The van der Waals surface area contributed by atoms with Crippen molar-refractivity contribution in [3.63, 3.8) is 0 Å². The van der Waals surface area contributed by atoms with E-state index in [4.69, 9.17) is 5.73 Å². The Hall–Kier alpha value is -2.92. The number of hydrogen-bond donors (Lipinski definition) is 1. The molecule has 8 heteroatoms. The van der Waals surface area contributed by atoms with E-state index >= 15 is 0 Å². The van der Waals surface area contributed by atoms with Gasteiger partial charge in [0.15, 0.2) is 6.04 Å². The first-order chi connectivity index (χ1) is 14.9. The fourth-order valence-corrected chi connectivity index (χ4v) is 3.98. The molecular weight excluding hydrogens is 422 g/mol. The molecule has 4 nitrogen and oxygen atoms in total. The number of nitrogens with two attached hydrogens (primary N) is 1. The smallest absolute Gasteiger partial charge is 0.320 e. The summed E-state index contributed by atoms with van der Waals surface area (Å²) in [5.41, 5.74) is 3.07. The van der Waals surface area contributed by atoms with Crippen molar-refractivity contribution in [1.82, 2.24) is 4.90 Å². The Labute approximate surface area is 184 Å². The number of nitrogens with zero attached hydrogens (tertiary/aromatic N) is 2. The molecule has 1 fully saturated rings. The molecule has 0 radical (unpaired) electrons. The van der Waals surface area contributed by atoms with Crippen molar-refractivity contribution in [3.05, 3.63) is 60.2 Å². The lowest BCUT2D eigenvalue weighted by atomic mass is 9.91. The highest BCUT2D eigenvalue weighted by atomic mass is 19.4. The van der Waals surface area contributed by atoms with E-state index in [-0.39, 0.29) is 18.4 Å². The maximum Gasteiger partial charge on any atom is 0.413 e. The zero-order valence-electron chi connectivity index (χ0n) is 17.9. The van der Waals surface area contributed by atoms with Crippen molar-refractivity contribution in [2.45, 2.75) is 62.6 Å². The monoisotopic (exact) mass is 447 g/mol. The molecule has 0 saturated heterocycles. The third kappa shape index (κ3) is 4.94. The number of amides is 1. The first kappa shape index (κ1) is 23.7. The molecule has 2 N–H and O–H groups in total. The Morgan fingerprint density at radius 3 is 2.16 bits per heavy atom. The molecule has 2 atom stereocenters. The summed E-state index contributed by atoms with van der Waals surface area (Å²) in [5.74, 6) is -1.08. The maximum absolute atomic E-state index is 14.6. The fourth-order valence-electron chi connectivity index (χ4n) is 3.98. The summed E-state index contributed by atoms with van der Waals surface area (Å²) in [6, 6.07) is 12.4. The van der Waals surface area contributed by atoms with Crippen LogP contribution in [-0.2, 0) is 4.79 Å². The Bertz CT molecular complexity index is 1000. The van der Waals surface area contributed by atoms with Crippen LogP contribution in [0.3, 0.4) is 0 Å². The van der Waals surface area contributed by atoms with Crippen LogP contribution in [0.4, 0.5) is 17.6 Å². The van der Waals surface area contributed by atoms with Crippen LogP contribution in [0, 0.1) is 11.3 Å². The highest BCUT2D eigenvalue weighted by molar-refractivity contribution is 5.84. The van der Waals surface area contributed by atoms with Crippen molar-refractivity contribution in [2.24, 2.45) is 5.73 Å². The average Bonchev–Trinajstić information content (AvgIpc) is 3.51. The molecule has 1 amide bonds. The number of carbonyl (C=O) groups is 1. The molecule has 2 aromatic carbocycles. The lowest BCUT2D eigenvalue weighted by molar-refractivity contribution is -0.197. The molecule has 0 bridgehead atoms. The molecule has 0 aromatic heterocycles. The van der Waals surface area contributed by atoms with Gasteiger partial charge in [-0.25, -0.2) is 4.39 Å². The summed E-state index contributed by atoms with van der Waals surface area (Å²) in [6.07, 6.45) is -5.16. The van der Waals surface area contributed by atoms with Crippen molar-refractivity contribution in [3.8, 4) is 17.2 Å². The van der Waals surface area contributed by atoms with Crippen LogP contribution in [0.5, 0.6) is 0 Å². The van der Waals surface area contributed by atoms with E-state index in [2.05, 4.69) is 0 Å². The number of rotatable bonds is 7. The van der Waals surface area contributed by atoms with Crippen molar-refractivity contribution in [2.75, 3.05) is 0 Å². The van der Waals surface area contributed by atoms with Crippen LogP contribution in [0.2, 0.25) is 0 Å². The van der Waals surface area contributed by atoms with Gasteiger partial charge in [0, 0.05) is 6.42 Å². The third-order valence-electron chi connectivity index (χ3n) is 5.56. The van der Waals surface area contributed by atoms with Crippen molar-refractivity contribution >= 4 is 5.91 Å². The van der Waals surface area contributed by atoms with Gasteiger partial charge in [-0.05, 0) is 43.4 Å². The summed E-state index contributed by atoms with van der Waals surface area (Å²) in [6.45, 7) is 2.40.